The van der Waals surface area contributed by atoms with Crippen molar-refractivity contribution in [3.05, 3.63) is 106 Å². The van der Waals surface area contributed by atoms with Crippen LogP contribution in [0.5, 0.6) is 0 Å². The van der Waals surface area contributed by atoms with Crippen molar-refractivity contribution in [3.8, 4) is 0 Å². The zero-order valence-electron chi connectivity index (χ0n) is 20.7. The van der Waals surface area contributed by atoms with Gasteiger partial charge in [0, 0.05) is 11.8 Å². The van der Waals surface area contributed by atoms with Crippen LogP contribution in [0, 0.1) is 17.8 Å². The Morgan fingerprint density at radius 2 is 1.10 bits per heavy atom. The monoisotopic (exact) mass is 560 g/mol. The number of halogens is 6. The van der Waals surface area contributed by atoms with Gasteiger partial charge in [-0.25, -0.2) is 9.59 Å². The maximum Gasteiger partial charge on any atom is 0.416 e. The van der Waals surface area contributed by atoms with Crippen molar-refractivity contribution < 1.29 is 45.4 Å². The smallest absolute Gasteiger partial charge is 0.416 e. The second-order valence-electron chi connectivity index (χ2n) is 10.5. The molecule has 3 aromatic rings. The molecule has 40 heavy (non-hydrogen) atoms. The van der Waals surface area contributed by atoms with Crippen LogP contribution in [0.4, 0.5) is 26.3 Å². The second-order valence-corrected chi connectivity index (χ2v) is 10.5. The third-order valence-electron chi connectivity index (χ3n) is 8.44. The molecule has 3 aliphatic carbocycles. The number of rotatable bonds is 4. The molecule has 6 atom stereocenters. The standard InChI is InChI=1S/C30H22F6O4/c31-29(32,33)18-9-5-15(6-10-18)27(37)39-25-22-14-23(24-20-4-2-1-3-17(20)13-21(22)24)26(25)40-28(38)16-7-11-19(12-8-16)30(34,35)36/h1-12,21-26H,13-14H2. The van der Waals surface area contributed by atoms with Crippen LogP contribution in [-0.2, 0) is 28.2 Å². The number of hydrogen-bond acceptors (Lipinski definition) is 4. The molecule has 0 aromatic heterocycles. The maximum atomic E-state index is 13.1. The number of benzene rings is 3. The first kappa shape index (κ1) is 26.4. The lowest BCUT2D eigenvalue weighted by atomic mass is 9.76. The van der Waals surface area contributed by atoms with Gasteiger partial charge in [0.15, 0.2) is 0 Å². The highest BCUT2D eigenvalue weighted by Gasteiger charge is 2.63. The Labute approximate surface area is 224 Å². The van der Waals surface area contributed by atoms with E-state index in [1.165, 1.54) is 0 Å². The Morgan fingerprint density at radius 3 is 1.60 bits per heavy atom. The fourth-order valence-electron chi connectivity index (χ4n) is 6.74. The quantitative estimate of drug-likeness (QED) is 0.253. The van der Waals surface area contributed by atoms with Crippen LogP contribution >= 0.6 is 0 Å². The van der Waals surface area contributed by atoms with Gasteiger partial charge in [-0.1, -0.05) is 24.3 Å². The molecule has 0 heterocycles. The lowest BCUT2D eigenvalue weighted by molar-refractivity contribution is -0.138. The lowest BCUT2D eigenvalue weighted by Crippen LogP contribution is -2.45. The Hall–Kier alpha value is -3.82. The molecule has 10 heteroatoms. The van der Waals surface area contributed by atoms with Gasteiger partial charge in [-0.15, -0.1) is 0 Å². The van der Waals surface area contributed by atoms with Crippen LogP contribution in [0.15, 0.2) is 72.8 Å². The molecule has 0 aliphatic heterocycles. The van der Waals surface area contributed by atoms with Crippen molar-refractivity contribution in [3.63, 3.8) is 0 Å². The highest BCUT2D eigenvalue weighted by Crippen LogP contribution is 2.62. The van der Waals surface area contributed by atoms with Gasteiger partial charge in [0.1, 0.15) is 12.2 Å². The van der Waals surface area contributed by atoms with Crippen LogP contribution in [0.2, 0.25) is 0 Å². The van der Waals surface area contributed by atoms with Crippen molar-refractivity contribution in [2.24, 2.45) is 17.8 Å². The van der Waals surface area contributed by atoms with Crippen molar-refractivity contribution in [1.82, 2.24) is 0 Å². The number of carbonyl (C=O) groups excluding carboxylic acids is 2. The molecule has 4 nitrogen and oxygen atoms in total. The fraction of sp³-hybridized carbons (Fsp3) is 0.333. The molecular weight excluding hydrogens is 538 g/mol. The van der Waals surface area contributed by atoms with E-state index < -0.39 is 47.6 Å². The molecule has 2 bridgehead atoms. The summed E-state index contributed by atoms with van der Waals surface area (Å²) in [4.78, 5) is 26.1. The zero-order chi connectivity index (χ0) is 28.4. The summed E-state index contributed by atoms with van der Waals surface area (Å²) in [7, 11) is 0. The van der Waals surface area contributed by atoms with Crippen LogP contribution < -0.4 is 0 Å². The number of carbonyl (C=O) groups is 2. The van der Waals surface area contributed by atoms with Gasteiger partial charge in [-0.2, -0.15) is 26.3 Å². The predicted molar refractivity (Wildman–Crippen MR) is 129 cm³/mol. The fourth-order valence-corrected chi connectivity index (χ4v) is 6.74. The molecule has 208 valence electrons. The average molecular weight is 560 g/mol. The molecular formula is C30H22F6O4. The number of hydrogen-bond donors (Lipinski definition) is 0. The molecule has 0 radical (unpaired) electrons. The summed E-state index contributed by atoms with van der Waals surface area (Å²) in [5.74, 6) is -1.84. The van der Waals surface area contributed by atoms with E-state index in [-0.39, 0.29) is 34.8 Å². The van der Waals surface area contributed by atoms with Crippen molar-refractivity contribution in [2.45, 2.75) is 43.3 Å². The lowest BCUT2D eigenvalue weighted by Gasteiger charge is -2.37. The summed E-state index contributed by atoms with van der Waals surface area (Å²) >= 11 is 0. The Balaban J connectivity index is 1.27. The first-order valence-corrected chi connectivity index (χ1v) is 12.8. The summed E-state index contributed by atoms with van der Waals surface area (Å²) in [5.41, 5.74) is 0.344. The highest BCUT2D eigenvalue weighted by atomic mass is 19.4. The first-order valence-electron chi connectivity index (χ1n) is 12.8. The number of fused-ring (bicyclic) bond motifs is 7. The summed E-state index contributed by atoms with van der Waals surface area (Å²) in [6.45, 7) is 0. The molecule has 3 aromatic carbocycles. The van der Waals surface area contributed by atoms with Gasteiger partial charge in [-0.3, -0.25) is 0 Å². The van der Waals surface area contributed by atoms with Crippen molar-refractivity contribution >= 4 is 11.9 Å². The zero-order valence-corrected chi connectivity index (χ0v) is 20.7. The van der Waals surface area contributed by atoms with Gasteiger partial charge < -0.3 is 9.47 Å². The molecule has 6 unspecified atom stereocenters. The van der Waals surface area contributed by atoms with Crippen molar-refractivity contribution in [1.29, 1.82) is 0 Å². The topological polar surface area (TPSA) is 52.6 Å². The minimum Gasteiger partial charge on any atom is -0.455 e. The van der Waals surface area contributed by atoms with E-state index in [2.05, 4.69) is 0 Å². The van der Waals surface area contributed by atoms with E-state index in [0.29, 0.717) is 6.42 Å². The summed E-state index contributed by atoms with van der Waals surface area (Å²) < 4.78 is 89.5. The molecule has 2 fully saturated rings. The van der Waals surface area contributed by atoms with Gasteiger partial charge in [0.25, 0.3) is 0 Å². The number of ether oxygens (including phenoxy) is 2. The Bertz CT molecular complexity index is 1440. The Kier molecular flexibility index (Phi) is 6.19. The van der Waals surface area contributed by atoms with Crippen LogP contribution in [-0.4, -0.2) is 24.1 Å². The van der Waals surface area contributed by atoms with E-state index in [1.54, 1.807) is 0 Å². The van der Waals surface area contributed by atoms with Crippen molar-refractivity contribution in [2.75, 3.05) is 0 Å². The Morgan fingerprint density at radius 1 is 0.625 bits per heavy atom. The van der Waals surface area contributed by atoms with E-state index in [9.17, 15) is 35.9 Å². The predicted octanol–water partition coefficient (Wildman–Crippen LogP) is 7.08. The number of alkyl halides is 6. The second kappa shape index (κ2) is 9.38. The summed E-state index contributed by atoms with van der Waals surface area (Å²) in [6.07, 6.45) is -9.47. The molecule has 0 saturated heterocycles. The number of esters is 2. The van der Waals surface area contributed by atoms with E-state index in [1.807, 2.05) is 24.3 Å². The van der Waals surface area contributed by atoms with Gasteiger partial charge in [0.2, 0.25) is 0 Å². The normalized spacial score (nSPS) is 26.8. The molecule has 0 spiro atoms. The largest absolute Gasteiger partial charge is 0.455 e. The molecule has 6 rings (SSSR count). The SMILES string of the molecule is O=C(OC1C2CC(C1OC(=O)c1ccc(C(F)(F)F)cc1)C1c3ccccc3CC21)c1ccc(C(F)(F)F)cc1. The van der Waals surface area contributed by atoms with Crippen LogP contribution in [0.3, 0.4) is 0 Å². The van der Waals surface area contributed by atoms with Gasteiger partial charge in [0.05, 0.1) is 22.3 Å². The van der Waals surface area contributed by atoms with Gasteiger partial charge in [-0.05, 0) is 84.3 Å². The molecule has 3 aliphatic rings. The van der Waals surface area contributed by atoms with Crippen LogP contribution in [0.25, 0.3) is 0 Å². The van der Waals surface area contributed by atoms with Gasteiger partial charge >= 0.3 is 24.3 Å². The van der Waals surface area contributed by atoms with E-state index in [4.69, 9.17) is 9.47 Å². The highest BCUT2D eigenvalue weighted by molar-refractivity contribution is 5.90. The molecule has 0 amide bonds. The molecule has 2 saturated carbocycles. The first-order chi connectivity index (χ1) is 18.9. The summed E-state index contributed by atoms with van der Waals surface area (Å²) in [5, 5.41) is 0. The minimum atomic E-state index is -4.56. The molecule has 0 N–H and O–H groups in total. The minimum absolute atomic E-state index is 0.0626. The van der Waals surface area contributed by atoms with E-state index in [0.717, 1.165) is 66.1 Å². The third-order valence-corrected chi connectivity index (χ3v) is 8.44. The average Bonchev–Trinajstić information content (AvgIpc) is 3.57. The van der Waals surface area contributed by atoms with Crippen LogP contribution in [0.1, 0.15) is 55.3 Å². The van der Waals surface area contributed by atoms with E-state index >= 15 is 0 Å². The maximum absolute atomic E-state index is 13.1. The third kappa shape index (κ3) is 4.53. The summed E-state index contributed by atoms with van der Waals surface area (Å²) in [6, 6.07) is 15.2.